The van der Waals surface area contributed by atoms with Crippen molar-refractivity contribution in [1.82, 2.24) is 5.32 Å². The summed E-state index contributed by atoms with van der Waals surface area (Å²) in [7, 11) is 0. The molecule has 2 atom stereocenters. The lowest BCUT2D eigenvalue weighted by Crippen LogP contribution is -2.19. The lowest BCUT2D eigenvalue weighted by atomic mass is 10.2. The Bertz CT molecular complexity index is 142. The molecule has 1 aliphatic carbocycles. The molecule has 0 bridgehead atoms. The maximum absolute atomic E-state index is 3.72. The van der Waals surface area contributed by atoms with Gasteiger partial charge in [-0.2, -0.15) is 0 Å². The van der Waals surface area contributed by atoms with Crippen LogP contribution in [0, 0.1) is 5.92 Å². The van der Waals surface area contributed by atoms with E-state index < -0.39 is 0 Å². The highest BCUT2D eigenvalue weighted by Gasteiger charge is 2.34. The van der Waals surface area contributed by atoms with Crippen LogP contribution in [0.2, 0.25) is 0 Å². The van der Waals surface area contributed by atoms with Gasteiger partial charge in [-0.1, -0.05) is 25.8 Å². The lowest BCUT2D eigenvalue weighted by molar-refractivity contribution is 0.576. The van der Waals surface area contributed by atoms with Gasteiger partial charge in [-0.05, 0) is 38.1 Å². The standard InChI is InChI=1S/C12H23N/c1-3-5-6-7-8-9-13-12-10-11(12)4-2/h3,11-13H,1,4-10H2,2H3. The van der Waals surface area contributed by atoms with Crippen molar-refractivity contribution >= 4 is 0 Å². The second kappa shape index (κ2) is 6.20. The molecule has 1 N–H and O–H groups in total. The molecule has 1 saturated carbocycles. The Kier molecular flexibility index (Phi) is 5.14. The van der Waals surface area contributed by atoms with Gasteiger partial charge in [0.1, 0.15) is 0 Å². The summed E-state index contributed by atoms with van der Waals surface area (Å²) >= 11 is 0. The number of hydrogen-bond donors (Lipinski definition) is 1. The third-order valence-electron chi connectivity index (χ3n) is 2.94. The molecule has 0 aromatic carbocycles. The van der Waals surface area contributed by atoms with Crippen LogP contribution in [0.5, 0.6) is 0 Å². The van der Waals surface area contributed by atoms with Crippen molar-refractivity contribution in [3.05, 3.63) is 12.7 Å². The molecule has 1 aliphatic rings. The first-order valence-corrected chi connectivity index (χ1v) is 5.72. The van der Waals surface area contributed by atoms with Gasteiger partial charge in [0.15, 0.2) is 0 Å². The van der Waals surface area contributed by atoms with Crippen molar-refractivity contribution in [3.8, 4) is 0 Å². The smallest absolute Gasteiger partial charge is 0.00990 e. The first-order valence-electron chi connectivity index (χ1n) is 5.72. The summed E-state index contributed by atoms with van der Waals surface area (Å²) in [5.74, 6) is 0.994. The Balaban J connectivity index is 1.77. The van der Waals surface area contributed by atoms with Gasteiger partial charge in [-0.15, -0.1) is 6.58 Å². The first kappa shape index (κ1) is 10.8. The van der Waals surface area contributed by atoms with E-state index >= 15 is 0 Å². The van der Waals surface area contributed by atoms with Crippen molar-refractivity contribution in [2.45, 2.75) is 51.5 Å². The quantitative estimate of drug-likeness (QED) is 0.448. The molecule has 0 amide bonds. The largest absolute Gasteiger partial charge is 0.314 e. The van der Waals surface area contributed by atoms with Gasteiger partial charge < -0.3 is 5.32 Å². The van der Waals surface area contributed by atoms with Crippen molar-refractivity contribution in [2.24, 2.45) is 5.92 Å². The number of nitrogens with one attached hydrogen (secondary N) is 1. The van der Waals surface area contributed by atoms with Gasteiger partial charge in [-0.25, -0.2) is 0 Å². The molecule has 0 spiro atoms. The summed E-state index contributed by atoms with van der Waals surface area (Å²) in [6.45, 7) is 7.23. The zero-order valence-electron chi connectivity index (χ0n) is 8.89. The van der Waals surface area contributed by atoms with Crippen molar-refractivity contribution < 1.29 is 0 Å². The van der Waals surface area contributed by atoms with Crippen LogP contribution >= 0.6 is 0 Å². The fraction of sp³-hybridized carbons (Fsp3) is 0.833. The fourth-order valence-electron chi connectivity index (χ4n) is 1.83. The summed E-state index contributed by atoms with van der Waals surface area (Å²) in [5.41, 5.74) is 0. The van der Waals surface area contributed by atoms with Gasteiger partial charge >= 0.3 is 0 Å². The topological polar surface area (TPSA) is 12.0 Å². The Hall–Kier alpha value is -0.300. The number of hydrogen-bond acceptors (Lipinski definition) is 1. The average Bonchev–Trinajstić information content (AvgIpc) is 2.90. The molecule has 0 saturated heterocycles. The van der Waals surface area contributed by atoms with E-state index in [2.05, 4.69) is 18.8 Å². The first-order chi connectivity index (χ1) is 6.38. The van der Waals surface area contributed by atoms with Crippen molar-refractivity contribution in [1.29, 1.82) is 0 Å². The predicted molar refractivity (Wildman–Crippen MR) is 58.9 cm³/mol. The third kappa shape index (κ3) is 4.47. The molecular weight excluding hydrogens is 158 g/mol. The van der Waals surface area contributed by atoms with Crippen LogP contribution in [-0.4, -0.2) is 12.6 Å². The molecule has 1 nitrogen and oxygen atoms in total. The van der Waals surface area contributed by atoms with Gasteiger partial charge in [-0.3, -0.25) is 0 Å². The molecule has 1 heteroatoms. The average molecular weight is 181 g/mol. The van der Waals surface area contributed by atoms with E-state index in [0.717, 1.165) is 12.0 Å². The summed E-state index contributed by atoms with van der Waals surface area (Å²) in [4.78, 5) is 0. The molecule has 76 valence electrons. The van der Waals surface area contributed by atoms with E-state index in [0.29, 0.717) is 0 Å². The van der Waals surface area contributed by atoms with E-state index in [1.807, 2.05) is 6.08 Å². The van der Waals surface area contributed by atoms with Crippen molar-refractivity contribution in [3.63, 3.8) is 0 Å². The molecule has 13 heavy (non-hydrogen) atoms. The third-order valence-corrected chi connectivity index (χ3v) is 2.94. The van der Waals surface area contributed by atoms with Crippen LogP contribution in [0.15, 0.2) is 12.7 Å². The minimum atomic E-state index is 0.865. The van der Waals surface area contributed by atoms with Crippen LogP contribution in [0.25, 0.3) is 0 Å². The van der Waals surface area contributed by atoms with E-state index in [1.165, 1.54) is 45.1 Å². The minimum absolute atomic E-state index is 0.865. The lowest BCUT2D eigenvalue weighted by Gasteiger charge is -2.02. The monoisotopic (exact) mass is 181 g/mol. The Labute approximate surface area is 82.6 Å². The molecule has 2 unspecified atom stereocenters. The highest BCUT2D eigenvalue weighted by Crippen LogP contribution is 2.32. The molecule has 0 radical (unpaired) electrons. The number of rotatable bonds is 8. The number of unbranched alkanes of at least 4 members (excludes halogenated alkanes) is 3. The summed E-state index contributed by atoms with van der Waals surface area (Å²) < 4.78 is 0. The van der Waals surface area contributed by atoms with Crippen LogP contribution in [0.4, 0.5) is 0 Å². The Morgan fingerprint density at radius 3 is 2.85 bits per heavy atom. The molecule has 1 fully saturated rings. The Morgan fingerprint density at radius 2 is 2.23 bits per heavy atom. The fourth-order valence-corrected chi connectivity index (χ4v) is 1.83. The van der Waals surface area contributed by atoms with E-state index in [-0.39, 0.29) is 0 Å². The maximum atomic E-state index is 3.72. The Morgan fingerprint density at radius 1 is 1.38 bits per heavy atom. The highest BCUT2D eigenvalue weighted by molar-refractivity contribution is 4.91. The van der Waals surface area contributed by atoms with Crippen LogP contribution in [0.1, 0.15) is 45.4 Å². The van der Waals surface area contributed by atoms with Crippen LogP contribution in [0.3, 0.4) is 0 Å². The summed E-state index contributed by atoms with van der Waals surface area (Å²) in [6.07, 6.45) is 9.97. The van der Waals surface area contributed by atoms with Crippen LogP contribution < -0.4 is 5.32 Å². The molecule has 0 aliphatic heterocycles. The predicted octanol–water partition coefficient (Wildman–Crippen LogP) is 3.12. The molecule has 0 aromatic heterocycles. The molecule has 1 rings (SSSR count). The van der Waals surface area contributed by atoms with E-state index in [4.69, 9.17) is 0 Å². The molecule has 0 heterocycles. The zero-order valence-corrected chi connectivity index (χ0v) is 8.89. The van der Waals surface area contributed by atoms with E-state index in [9.17, 15) is 0 Å². The molecular formula is C12H23N. The number of allylic oxidation sites excluding steroid dienone is 1. The normalized spacial score (nSPS) is 25.9. The minimum Gasteiger partial charge on any atom is -0.314 e. The van der Waals surface area contributed by atoms with Gasteiger partial charge in [0.25, 0.3) is 0 Å². The van der Waals surface area contributed by atoms with Crippen LogP contribution in [-0.2, 0) is 0 Å². The summed E-state index contributed by atoms with van der Waals surface area (Å²) in [6, 6.07) is 0.865. The second-order valence-electron chi connectivity index (χ2n) is 4.10. The zero-order chi connectivity index (χ0) is 9.52. The van der Waals surface area contributed by atoms with Crippen molar-refractivity contribution in [2.75, 3.05) is 6.54 Å². The van der Waals surface area contributed by atoms with E-state index in [1.54, 1.807) is 0 Å². The van der Waals surface area contributed by atoms with Gasteiger partial charge in [0.05, 0.1) is 0 Å². The molecule has 0 aromatic rings. The van der Waals surface area contributed by atoms with Gasteiger partial charge in [0, 0.05) is 6.04 Å². The SMILES string of the molecule is C=CCCCCCNC1CC1CC. The second-order valence-corrected chi connectivity index (χ2v) is 4.10. The summed E-state index contributed by atoms with van der Waals surface area (Å²) in [5, 5.41) is 3.61. The maximum Gasteiger partial charge on any atom is 0.00990 e. The highest BCUT2D eigenvalue weighted by atomic mass is 15.0. The van der Waals surface area contributed by atoms with Gasteiger partial charge in [0.2, 0.25) is 0 Å².